The number of rotatable bonds is 4. The minimum Gasteiger partial charge on any atom is -0.354 e. The Labute approximate surface area is 162 Å². The molecule has 1 aliphatic rings. The van der Waals surface area contributed by atoms with Crippen molar-refractivity contribution in [3.05, 3.63) is 41.9 Å². The number of aryl methyl sites for hydroxylation is 2. The lowest BCUT2D eigenvalue weighted by atomic mass is 10.1. The Morgan fingerprint density at radius 2 is 2.00 bits per heavy atom. The lowest BCUT2D eigenvalue weighted by Gasteiger charge is -2.27. The molecule has 1 aromatic carbocycles. The molecule has 27 heavy (non-hydrogen) atoms. The van der Waals surface area contributed by atoms with Gasteiger partial charge in [0.15, 0.2) is 5.65 Å². The average molecular weight is 382 g/mol. The number of carbonyl (C=O) groups is 1. The molecule has 140 valence electrons. The van der Waals surface area contributed by atoms with Crippen molar-refractivity contribution < 1.29 is 4.79 Å². The minimum atomic E-state index is -0.309. The molecule has 4 rings (SSSR count). The molecule has 0 radical (unpaired) electrons. The highest BCUT2D eigenvalue weighted by Gasteiger charge is 2.22. The van der Waals surface area contributed by atoms with Gasteiger partial charge in [-0.1, -0.05) is 25.1 Å². The van der Waals surface area contributed by atoms with E-state index in [-0.39, 0.29) is 11.7 Å². The highest BCUT2D eigenvalue weighted by Crippen LogP contribution is 2.26. The summed E-state index contributed by atoms with van der Waals surface area (Å²) in [6.45, 7) is 3.88. The van der Waals surface area contributed by atoms with Gasteiger partial charge in [0.05, 0.1) is 5.39 Å². The first kappa shape index (κ1) is 17.8. The van der Waals surface area contributed by atoms with Crippen LogP contribution in [-0.2, 0) is 13.5 Å². The van der Waals surface area contributed by atoms with E-state index in [0.717, 1.165) is 53.5 Å². The summed E-state index contributed by atoms with van der Waals surface area (Å²) in [6, 6.07) is 7.79. The van der Waals surface area contributed by atoms with Crippen molar-refractivity contribution in [2.24, 2.45) is 7.05 Å². The van der Waals surface area contributed by atoms with Crippen molar-refractivity contribution in [1.29, 1.82) is 0 Å². The summed E-state index contributed by atoms with van der Waals surface area (Å²) in [7, 11) is 1.86. The van der Waals surface area contributed by atoms with E-state index in [1.807, 2.05) is 49.3 Å². The number of aromatic nitrogens is 4. The quantitative estimate of drug-likeness (QED) is 0.748. The lowest BCUT2D eigenvalue weighted by Crippen LogP contribution is -2.34. The number of para-hydroxylation sites is 1. The first-order chi connectivity index (χ1) is 13.2. The number of carbonyl (C=O) groups excluding carboxylic acids is 1. The minimum absolute atomic E-state index is 0.153. The number of amides is 1. The van der Waals surface area contributed by atoms with E-state index in [0.29, 0.717) is 5.65 Å². The Balaban J connectivity index is 1.71. The smallest absolute Gasteiger partial charge is 0.293 e. The van der Waals surface area contributed by atoms with E-state index in [1.165, 1.54) is 0 Å². The molecule has 8 heteroatoms. The first-order valence-electron chi connectivity index (χ1n) is 9.09. The third-order valence-electron chi connectivity index (χ3n) is 4.63. The van der Waals surface area contributed by atoms with Crippen LogP contribution in [0.5, 0.6) is 0 Å². The molecule has 1 saturated heterocycles. The molecule has 1 amide bonds. The molecule has 3 aromatic rings. The molecule has 0 atom stereocenters. The molecule has 0 aliphatic carbocycles. The second-order valence-corrected chi connectivity index (χ2v) is 7.70. The zero-order valence-corrected chi connectivity index (χ0v) is 16.3. The Morgan fingerprint density at radius 3 is 2.78 bits per heavy atom. The molecule has 1 aliphatic heterocycles. The van der Waals surface area contributed by atoms with Gasteiger partial charge < -0.3 is 10.2 Å². The third-order valence-corrected chi connectivity index (χ3v) is 5.58. The highest BCUT2D eigenvalue weighted by molar-refractivity contribution is 7.99. The first-order valence-corrected chi connectivity index (χ1v) is 10.2. The molecule has 3 heterocycles. The number of nitrogens with one attached hydrogen (secondary N) is 1. The van der Waals surface area contributed by atoms with Crippen molar-refractivity contribution in [1.82, 2.24) is 19.7 Å². The maximum Gasteiger partial charge on any atom is 0.293 e. The predicted molar refractivity (Wildman–Crippen MR) is 110 cm³/mol. The molecular formula is C19H22N6OS. The monoisotopic (exact) mass is 382 g/mol. The van der Waals surface area contributed by atoms with E-state index in [1.54, 1.807) is 4.68 Å². The Hall–Kier alpha value is -2.61. The van der Waals surface area contributed by atoms with E-state index in [9.17, 15) is 4.79 Å². The van der Waals surface area contributed by atoms with Gasteiger partial charge in [-0.3, -0.25) is 9.48 Å². The van der Waals surface area contributed by atoms with Gasteiger partial charge in [0.25, 0.3) is 5.91 Å². The fraction of sp³-hybridized carbons (Fsp3) is 0.368. The van der Waals surface area contributed by atoms with Gasteiger partial charge in [0, 0.05) is 43.5 Å². The second kappa shape index (κ2) is 7.56. The fourth-order valence-corrected chi connectivity index (χ4v) is 4.15. The second-order valence-electron chi connectivity index (χ2n) is 6.48. The Kier molecular flexibility index (Phi) is 4.98. The van der Waals surface area contributed by atoms with Gasteiger partial charge in [-0.2, -0.15) is 16.9 Å². The highest BCUT2D eigenvalue weighted by atomic mass is 32.2. The van der Waals surface area contributed by atoms with E-state index in [2.05, 4.69) is 32.2 Å². The third kappa shape index (κ3) is 3.62. The van der Waals surface area contributed by atoms with Crippen molar-refractivity contribution >= 4 is 40.2 Å². The van der Waals surface area contributed by atoms with Crippen molar-refractivity contribution in [2.45, 2.75) is 13.3 Å². The maximum atomic E-state index is 12.9. The van der Waals surface area contributed by atoms with Crippen LogP contribution >= 0.6 is 11.8 Å². The van der Waals surface area contributed by atoms with E-state index in [4.69, 9.17) is 0 Å². The van der Waals surface area contributed by atoms with Crippen LogP contribution < -0.4 is 10.2 Å². The summed E-state index contributed by atoms with van der Waals surface area (Å²) in [4.78, 5) is 24.1. The zero-order chi connectivity index (χ0) is 18.8. The molecule has 0 unspecified atom stereocenters. The fourth-order valence-electron chi connectivity index (χ4n) is 3.25. The molecule has 1 N–H and O–H groups in total. The van der Waals surface area contributed by atoms with Crippen LogP contribution in [-0.4, -0.2) is 50.3 Å². The zero-order valence-electron chi connectivity index (χ0n) is 15.5. The number of anilines is 2. The number of hydrogen-bond acceptors (Lipinski definition) is 6. The van der Waals surface area contributed by atoms with Gasteiger partial charge >= 0.3 is 0 Å². The van der Waals surface area contributed by atoms with Gasteiger partial charge in [0.2, 0.25) is 5.82 Å². The van der Waals surface area contributed by atoms with Crippen LogP contribution in [0.3, 0.4) is 0 Å². The van der Waals surface area contributed by atoms with Crippen LogP contribution in [0.1, 0.15) is 23.1 Å². The molecule has 7 nitrogen and oxygen atoms in total. The summed E-state index contributed by atoms with van der Waals surface area (Å²) in [6.07, 6.45) is 2.76. The normalized spacial score (nSPS) is 14.5. The molecular weight excluding hydrogens is 360 g/mol. The summed E-state index contributed by atoms with van der Waals surface area (Å²) in [5.74, 6) is 2.74. The predicted octanol–water partition coefficient (Wildman–Crippen LogP) is 2.73. The number of fused-ring (bicyclic) bond motifs is 1. The Bertz CT molecular complexity index is 979. The largest absolute Gasteiger partial charge is 0.354 e. The van der Waals surface area contributed by atoms with E-state index >= 15 is 0 Å². The van der Waals surface area contributed by atoms with Crippen LogP contribution in [0.25, 0.3) is 11.0 Å². The molecule has 0 spiro atoms. The van der Waals surface area contributed by atoms with Crippen LogP contribution in [0.4, 0.5) is 11.5 Å². The molecule has 0 bridgehead atoms. The number of benzene rings is 1. The van der Waals surface area contributed by atoms with Gasteiger partial charge in [-0.25, -0.2) is 9.97 Å². The maximum absolute atomic E-state index is 12.9. The van der Waals surface area contributed by atoms with Crippen LogP contribution in [0, 0.1) is 0 Å². The van der Waals surface area contributed by atoms with Crippen LogP contribution in [0.2, 0.25) is 0 Å². The topological polar surface area (TPSA) is 75.9 Å². The summed E-state index contributed by atoms with van der Waals surface area (Å²) in [5, 5.41) is 8.25. The summed E-state index contributed by atoms with van der Waals surface area (Å²) >= 11 is 1.94. The van der Waals surface area contributed by atoms with E-state index < -0.39 is 0 Å². The number of thioether (sulfide) groups is 1. The van der Waals surface area contributed by atoms with Crippen molar-refractivity contribution in [2.75, 3.05) is 34.8 Å². The van der Waals surface area contributed by atoms with Crippen molar-refractivity contribution in [3.63, 3.8) is 0 Å². The van der Waals surface area contributed by atoms with Crippen LogP contribution in [0.15, 0.2) is 30.5 Å². The standard InChI is InChI=1S/C19H22N6OS/c1-3-13-6-4-5-7-15(13)20-19(26)17-21-16-14(12-24(2)23-16)18(22-17)25-8-10-27-11-9-25/h4-7,12H,3,8-11H2,1-2H3,(H,20,26). The van der Waals surface area contributed by atoms with Crippen molar-refractivity contribution in [3.8, 4) is 0 Å². The SMILES string of the molecule is CCc1ccccc1NC(=O)c1nc(N2CCSCC2)c2cn(C)nc2n1. The Morgan fingerprint density at radius 1 is 1.22 bits per heavy atom. The van der Waals surface area contributed by atoms with Gasteiger partial charge in [-0.15, -0.1) is 0 Å². The molecule has 2 aromatic heterocycles. The lowest BCUT2D eigenvalue weighted by molar-refractivity contribution is 0.101. The molecule has 1 fully saturated rings. The number of nitrogens with zero attached hydrogens (tertiary/aromatic N) is 5. The molecule has 0 saturated carbocycles. The average Bonchev–Trinajstić information content (AvgIpc) is 3.08. The van der Waals surface area contributed by atoms with Gasteiger partial charge in [0.1, 0.15) is 5.82 Å². The number of hydrogen-bond donors (Lipinski definition) is 1. The summed E-state index contributed by atoms with van der Waals surface area (Å²) in [5.41, 5.74) is 2.43. The summed E-state index contributed by atoms with van der Waals surface area (Å²) < 4.78 is 1.72. The van der Waals surface area contributed by atoms with Gasteiger partial charge in [-0.05, 0) is 18.1 Å².